The van der Waals surface area contributed by atoms with E-state index >= 15 is 0 Å². The predicted octanol–water partition coefficient (Wildman–Crippen LogP) is 25.0. The van der Waals surface area contributed by atoms with Gasteiger partial charge in [-0.3, -0.25) is 0 Å². The largest absolute Gasteiger partial charge is 0.0889 e. The molecular formula is C78H48S6. The zero-order valence-electron chi connectivity index (χ0n) is 45.2. The number of hydrogen-bond acceptors (Lipinski definition) is 6. The molecule has 0 nitrogen and oxygen atoms in total. The van der Waals surface area contributed by atoms with Crippen molar-refractivity contribution in [2.45, 2.75) is 58.7 Å². The fraction of sp³-hybridized carbons (Fsp3) is 0. The summed E-state index contributed by atoms with van der Waals surface area (Å²) in [6.45, 7) is 0. The zero-order chi connectivity index (χ0) is 55.5. The average molecular weight is 1180 g/mol. The Morgan fingerprint density at radius 3 is 0.536 bits per heavy atom. The second-order valence-electron chi connectivity index (χ2n) is 21.0. The Hall–Kier alpha value is -8.04. The summed E-state index contributed by atoms with van der Waals surface area (Å²) in [5.41, 5.74) is 0. The fourth-order valence-corrected chi connectivity index (χ4v) is 18.8. The van der Waals surface area contributed by atoms with Crippen LogP contribution in [0.5, 0.6) is 0 Å². The minimum atomic E-state index is 1.20. The van der Waals surface area contributed by atoms with Gasteiger partial charge < -0.3 is 0 Å². The van der Waals surface area contributed by atoms with E-state index in [9.17, 15) is 0 Å². The van der Waals surface area contributed by atoms with Crippen LogP contribution in [-0.2, 0) is 0 Å². The van der Waals surface area contributed by atoms with Gasteiger partial charge in [-0.05, 0) is 188 Å². The van der Waals surface area contributed by atoms with Gasteiger partial charge in [-0.25, -0.2) is 0 Å². The molecule has 0 unspecified atom stereocenters. The van der Waals surface area contributed by atoms with Crippen LogP contribution in [-0.4, -0.2) is 0 Å². The van der Waals surface area contributed by atoms with Crippen molar-refractivity contribution in [1.82, 2.24) is 0 Å². The Bertz CT molecular complexity index is 4540. The molecule has 0 radical (unpaired) electrons. The van der Waals surface area contributed by atoms with E-state index in [0.29, 0.717) is 0 Å². The Morgan fingerprint density at radius 2 is 0.321 bits per heavy atom. The summed E-state index contributed by atoms with van der Waals surface area (Å²) in [5, 5.41) is 22.4. The van der Waals surface area contributed by atoms with Crippen molar-refractivity contribution in [3.05, 3.63) is 291 Å². The maximum Gasteiger partial charge on any atom is 0.0279 e. The van der Waals surface area contributed by atoms with Crippen molar-refractivity contribution in [2.75, 3.05) is 0 Å². The van der Waals surface area contributed by atoms with E-state index in [2.05, 4.69) is 291 Å². The van der Waals surface area contributed by atoms with Crippen molar-refractivity contribution in [2.24, 2.45) is 0 Å². The maximum atomic E-state index is 2.54. The van der Waals surface area contributed by atoms with E-state index in [-0.39, 0.29) is 0 Å². The van der Waals surface area contributed by atoms with E-state index in [1.807, 2.05) is 70.6 Å². The van der Waals surface area contributed by atoms with Crippen LogP contribution in [0.2, 0.25) is 0 Å². The smallest absolute Gasteiger partial charge is 0.0279 e. The van der Waals surface area contributed by atoms with Crippen LogP contribution in [0, 0.1) is 0 Å². The summed E-state index contributed by atoms with van der Waals surface area (Å²) in [5.74, 6) is 0. The maximum absolute atomic E-state index is 2.54. The van der Waals surface area contributed by atoms with Crippen LogP contribution >= 0.6 is 70.6 Å². The predicted molar refractivity (Wildman–Crippen MR) is 367 cm³/mol. The van der Waals surface area contributed by atoms with Crippen molar-refractivity contribution in [3.63, 3.8) is 0 Å². The van der Waals surface area contributed by atoms with Crippen LogP contribution in [0.3, 0.4) is 0 Å². The van der Waals surface area contributed by atoms with Gasteiger partial charge in [0.25, 0.3) is 0 Å². The highest BCUT2D eigenvalue weighted by atomic mass is 32.2. The SMILES string of the molecule is c1ccc(Sc2cc3c(cc2Sc2c4ccccc4cc4ccccc24)c2cc(Sc4ccccc4)c(Sc4c5ccccc5cc5ccccc45)cc2c2cc(Sc4ccccc4)c(Sc4c5ccccc5cc5ccccc45)cc32)cc1. The summed E-state index contributed by atoms with van der Waals surface area (Å²) < 4.78 is 0. The number of hydrogen-bond donors (Lipinski definition) is 0. The van der Waals surface area contributed by atoms with E-state index in [1.54, 1.807) is 0 Å². The summed E-state index contributed by atoms with van der Waals surface area (Å²) >= 11 is 11.3. The molecule has 0 N–H and O–H groups in total. The van der Waals surface area contributed by atoms with Crippen molar-refractivity contribution in [3.8, 4) is 0 Å². The van der Waals surface area contributed by atoms with Crippen LogP contribution < -0.4 is 0 Å². The van der Waals surface area contributed by atoms with Gasteiger partial charge in [0, 0.05) is 58.7 Å². The third kappa shape index (κ3) is 9.65. The highest BCUT2D eigenvalue weighted by Gasteiger charge is 2.23. The number of rotatable bonds is 12. The fourth-order valence-electron chi connectivity index (χ4n) is 11.9. The third-order valence-corrected chi connectivity index (χ3v) is 23.0. The van der Waals surface area contributed by atoms with Crippen LogP contribution in [0.15, 0.2) is 350 Å². The third-order valence-electron chi connectivity index (χ3n) is 15.8. The molecule has 0 aliphatic rings. The Labute approximate surface area is 513 Å². The molecule has 16 aromatic rings. The molecule has 16 aromatic carbocycles. The molecule has 6 heteroatoms. The molecule has 0 heterocycles. The Morgan fingerprint density at radius 1 is 0.143 bits per heavy atom. The average Bonchev–Trinajstić information content (AvgIpc) is 1.46. The highest BCUT2D eigenvalue weighted by molar-refractivity contribution is 8.03. The lowest BCUT2D eigenvalue weighted by atomic mass is 9.94. The minimum absolute atomic E-state index is 1.20. The summed E-state index contributed by atoms with van der Waals surface area (Å²) in [4.78, 5) is 14.8. The van der Waals surface area contributed by atoms with Gasteiger partial charge in [0.1, 0.15) is 0 Å². The molecule has 396 valence electrons. The van der Waals surface area contributed by atoms with Gasteiger partial charge in [0.05, 0.1) is 0 Å². The van der Waals surface area contributed by atoms with Gasteiger partial charge in [0.15, 0.2) is 0 Å². The van der Waals surface area contributed by atoms with Gasteiger partial charge in [-0.1, -0.05) is 271 Å². The summed E-state index contributed by atoms with van der Waals surface area (Å²) in [6.07, 6.45) is 0. The normalized spacial score (nSPS) is 11.9. The zero-order valence-corrected chi connectivity index (χ0v) is 50.1. The molecular weight excluding hydrogens is 1130 g/mol. The molecule has 0 spiro atoms. The molecule has 0 saturated heterocycles. The molecule has 0 aliphatic heterocycles. The standard InChI is InChI=1S/C78H48S6/c1-4-28-55(29-5-1)79-70-43-64-67(46-73(70)82-76-58-34-16-10-22-49(58)40-50-23-11-17-35-59(50)76)65-44-71(80-56-30-6-2-7-31-56)75(84-78-62-38-20-14-26-53(62)42-54-27-15-21-39-63(54)78)48-69(65)66-45-72(81-57-32-8-3-9-33-57)74(47-68(64)66)83-77-60-36-18-12-24-51(60)41-52-25-13-19-37-61(52)77/h1-48H. The van der Waals surface area contributed by atoms with Crippen molar-refractivity contribution in [1.29, 1.82) is 0 Å². The molecule has 16 rings (SSSR count). The first kappa shape index (κ1) is 51.6. The van der Waals surface area contributed by atoms with Gasteiger partial charge >= 0.3 is 0 Å². The Balaban J connectivity index is 1.02. The first-order chi connectivity index (χ1) is 41.6. The molecule has 0 fully saturated rings. The van der Waals surface area contributed by atoms with Gasteiger partial charge in [-0.2, -0.15) is 0 Å². The first-order valence-electron chi connectivity index (χ1n) is 28.1. The highest BCUT2D eigenvalue weighted by Crippen LogP contribution is 2.54. The van der Waals surface area contributed by atoms with E-state index < -0.39 is 0 Å². The summed E-state index contributed by atoms with van der Waals surface area (Å²) in [7, 11) is 0. The van der Waals surface area contributed by atoms with Crippen LogP contribution in [0.4, 0.5) is 0 Å². The first-order valence-corrected chi connectivity index (χ1v) is 33.0. The van der Waals surface area contributed by atoms with E-state index in [1.165, 1.54) is 156 Å². The second-order valence-corrected chi connectivity index (χ2v) is 27.5. The lowest BCUT2D eigenvalue weighted by Crippen LogP contribution is -1.92. The van der Waals surface area contributed by atoms with Gasteiger partial charge in [-0.15, -0.1) is 0 Å². The topological polar surface area (TPSA) is 0 Å². The molecule has 84 heavy (non-hydrogen) atoms. The van der Waals surface area contributed by atoms with Gasteiger partial charge in [0.2, 0.25) is 0 Å². The quantitative estimate of drug-likeness (QED) is 0.0877. The number of fused-ring (bicyclic) bond motifs is 12. The molecule has 0 bridgehead atoms. The molecule has 0 atom stereocenters. The minimum Gasteiger partial charge on any atom is -0.0889 e. The van der Waals surface area contributed by atoms with E-state index in [4.69, 9.17) is 0 Å². The van der Waals surface area contributed by atoms with Crippen LogP contribution in [0.1, 0.15) is 0 Å². The molecule has 0 aliphatic carbocycles. The number of benzene rings is 16. The molecule has 0 aromatic heterocycles. The second kappa shape index (κ2) is 22.2. The molecule has 0 saturated carbocycles. The monoisotopic (exact) mass is 1180 g/mol. The van der Waals surface area contributed by atoms with Crippen molar-refractivity contribution < 1.29 is 0 Å². The lowest BCUT2D eigenvalue weighted by Gasteiger charge is -2.21. The molecule has 0 amide bonds. The van der Waals surface area contributed by atoms with Crippen molar-refractivity contribution >= 4 is 168 Å². The Kier molecular flexibility index (Phi) is 13.6. The van der Waals surface area contributed by atoms with E-state index in [0.717, 1.165) is 0 Å². The lowest BCUT2D eigenvalue weighted by molar-refractivity contribution is 1.25. The van der Waals surface area contributed by atoms with Crippen LogP contribution in [0.25, 0.3) is 97.0 Å². The summed E-state index contributed by atoms with van der Waals surface area (Å²) in [6, 6.07) is 108.